The van der Waals surface area contributed by atoms with Gasteiger partial charge in [0.2, 0.25) is 0 Å². The Hall–Kier alpha value is -2.49. The van der Waals surface area contributed by atoms with Crippen LogP contribution in [-0.4, -0.2) is 19.1 Å². The van der Waals surface area contributed by atoms with Crippen LogP contribution >= 0.6 is 0 Å². The van der Waals surface area contributed by atoms with Gasteiger partial charge in [-0.3, -0.25) is 4.79 Å². The summed E-state index contributed by atoms with van der Waals surface area (Å²) in [5.74, 6) is 1.26. The highest BCUT2D eigenvalue weighted by Gasteiger charge is 2.18. The zero-order valence-electron chi connectivity index (χ0n) is 14.1. The molecule has 1 unspecified atom stereocenters. The molecule has 0 aliphatic heterocycles. The van der Waals surface area contributed by atoms with Gasteiger partial charge in [0.05, 0.1) is 7.11 Å². The molecule has 4 nitrogen and oxygen atoms in total. The number of benzene rings is 2. The first kappa shape index (κ1) is 16.9. The molecule has 1 amide bonds. The number of methoxy groups -OCH3 is 1. The molecule has 0 radical (unpaired) electrons. The van der Waals surface area contributed by atoms with E-state index in [1.165, 1.54) is 0 Å². The molecule has 0 saturated carbocycles. The van der Waals surface area contributed by atoms with Gasteiger partial charge in [-0.25, -0.2) is 0 Å². The highest BCUT2D eigenvalue weighted by Crippen LogP contribution is 2.20. The first-order valence-electron chi connectivity index (χ1n) is 7.71. The number of carbonyl (C=O) groups is 1. The van der Waals surface area contributed by atoms with Crippen molar-refractivity contribution in [2.24, 2.45) is 0 Å². The SMILES string of the molecule is CCC(Oc1ccc(OC)cc1)C(=O)Nc1cc(C)cc(C)c1. The van der Waals surface area contributed by atoms with Gasteiger partial charge in [0.1, 0.15) is 11.5 Å². The molecule has 2 aromatic carbocycles. The van der Waals surface area contributed by atoms with Gasteiger partial charge < -0.3 is 14.8 Å². The molecule has 2 rings (SSSR count). The summed E-state index contributed by atoms with van der Waals surface area (Å²) in [5.41, 5.74) is 3.03. The lowest BCUT2D eigenvalue weighted by Gasteiger charge is -2.18. The van der Waals surface area contributed by atoms with Crippen LogP contribution in [0.5, 0.6) is 11.5 Å². The van der Waals surface area contributed by atoms with Crippen molar-refractivity contribution < 1.29 is 14.3 Å². The summed E-state index contributed by atoms with van der Waals surface area (Å²) in [5, 5.41) is 2.93. The molecule has 0 bridgehead atoms. The van der Waals surface area contributed by atoms with Crippen molar-refractivity contribution in [3.8, 4) is 11.5 Å². The number of hydrogen-bond acceptors (Lipinski definition) is 3. The predicted octanol–water partition coefficient (Wildman–Crippen LogP) is 4.11. The summed E-state index contributed by atoms with van der Waals surface area (Å²) in [6.07, 6.45) is 0.0482. The number of rotatable bonds is 6. The second-order valence-corrected chi connectivity index (χ2v) is 5.56. The van der Waals surface area contributed by atoms with Crippen molar-refractivity contribution in [2.75, 3.05) is 12.4 Å². The van der Waals surface area contributed by atoms with E-state index in [2.05, 4.69) is 11.4 Å². The molecule has 0 aliphatic rings. The van der Waals surface area contributed by atoms with Gasteiger partial charge >= 0.3 is 0 Å². The molecule has 2 aromatic rings. The Bertz CT molecular complexity index is 645. The normalized spacial score (nSPS) is 11.7. The number of nitrogens with one attached hydrogen (secondary N) is 1. The Morgan fingerprint density at radius 1 is 1.04 bits per heavy atom. The molecule has 1 atom stereocenters. The van der Waals surface area contributed by atoms with Crippen LogP contribution < -0.4 is 14.8 Å². The third-order valence-corrected chi connectivity index (χ3v) is 3.49. The van der Waals surface area contributed by atoms with Gasteiger partial charge in [-0.05, 0) is 67.8 Å². The number of hydrogen-bond donors (Lipinski definition) is 1. The number of ether oxygens (including phenoxy) is 2. The number of anilines is 1. The van der Waals surface area contributed by atoms with Crippen LogP contribution in [0.2, 0.25) is 0 Å². The Kier molecular flexibility index (Phi) is 5.63. The van der Waals surface area contributed by atoms with Gasteiger partial charge in [0.15, 0.2) is 6.10 Å². The first-order chi connectivity index (χ1) is 11.0. The van der Waals surface area contributed by atoms with Crippen LogP contribution in [0, 0.1) is 13.8 Å². The summed E-state index contributed by atoms with van der Waals surface area (Å²) >= 11 is 0. The predicted molar refractivity (Wildman–Crippen MR) is 92.2 cm³/mol. The summed E-state index contributed by atoms with van der Waals surface area (Å²) in [4.78, 5) is 12.4. The van der Waals surface area contributed by atoms with Crippen LogP contribution in [0.25, 0.3) is 0 Å². The van der Waals surface area contributed by atoms with Crippen molar-refractivity contribution in [3.05, 3.63) is 53.6 Å². The Balaban J connectivity index is 2.05. The van der Waals surface area contributed by atoms with Crippen molar-refractivity contribution in [1.82, 2.24) is 0 Å². The molecule has 23 heavy (non-hydrogen) atoms. The topological polar surface area (TPSA) is 47.6 Å². The van der Waals surface area contributed by atoms with Gasteiger partial charge in [0, 0.05) is 5.69 Å². The number of amides is 1. The average molecular weight is 313 g/mol. The van der Waals surface area contributed by atoms with Crippen LogP contribution in [-0.2, 0) is 4.79 Å². The summed E-state index contributed by atoms with van der Waals surface area (Å²) in [6, 6.07) is 13.2. The maximum Gasteiger partial charge on any atom is 0.265 e. The van der Waals surface area contributed by atoms with E-state index in [4.69, 9.17) is 9.47 Å². The molecule has 0 saturated heterocycles. The molecule has 122 valence electrons. The van der Waals surface area contributed by atoms with Gasteiger partial charge in [-0.15, -0.1) is 0 Å². The second kappa shape index (κ2) is 7.68. The lowest BCUT2D eigenvalue weighted by Crippen LogP contribution is -2.32. The van der Waals surface area contributed by atoms with E-state index >= 15 is 0 Å². The van der Waals surface area contributed by atoms with Gasteiger partial charge in [0.25, 0.3) is 5.91 Å². The van der Waals surface area contributed by atoms with Gasteiger partial charge in [-0.1, -0.05) is 13.0 Å². The maximum absolute atomic E-state index is 12.4. The highest BCUT2D eigenvalue weighted by atomic mass is 16.5. The largest absolute Gasteiger partial charge is 0.497 e. The number of aryl methyl sites for hydroxylation is 2. The molecule has 0 fully saturated rings. The monoisotopic (exact) mass is 313 g/mol. The Morgan fingerprint density at radius 3 is 2.13 bits per heavy atom. The molecular weight excluding hydrogens is 290 g/mol. The molecule has 0 aliphatic carbocycles. The van der Waals surface area contributed by atoms with E-state index in [0.29, 0.717) is 12.2 Å². The van der Waals surface area contributed by atoms with Crippen molar-refractivity contribution >= 4 is 11.6 Å². The summed E-state index contributed by atoms with van der Waals surface area (Å²) < 4.78 is 10.9. The first-order valence-corrected chi connectivity index (χ1v) is 7.71. The second-order valence-electron chi connectivity index (χ2n) is 5.56. The van der Waals surface area contributed by atoms with Gasteiger partial charge in [-0.2, -0.15) is 0 Å². The summed E-state index contributed by atoms with van der Waals surface area (Å²) in [6.45, 7) is 5.94. The number of carbonyl (C=O) groups excluding carboxylic acids is 1. The lowest BCUT2D eigenvalue weighted by molar-refractivity contribution is -0.122. The molecule has 0 heterocycles. The zero-order chi connectivity index (χ0) is 16.8. The van der Waals surface area contributed by atoms with Crippen LogP contribution in [0.3, 0.4) is 0 Å². The highest BCUT2D eigenvalue weighted by molar-refractivity contribution is 5.94. The molecule has 4 heteroatoms. The Morgan fingerprint density at radius 2 is 1.61 bits per heavy atom. The van der Waals surface area contributed by atoms with E-state index in [0.717, 1.165) is 22.6 Å². The van der Waals surface area contributed by atoms with Crippen molar-refractivity contribution in [1.29, 1.82) is 0 Å². The lowest BCUT2D eigenvalue weighted by atomic mass is 10.1. The smallest absolute Gasteiger partial charge is 0.265 e. The van der Waals surface area contributed by atoms with E-state index in [1.807, 2.05) is 45.0 Å². The van der Waals surface area contributed by atoms with E-state index in [-0.39, 0.29) is 5.91 Å². The van der Waals surface area contributed by atoms with E-state index in [1.54, 1.807) is 19.2 Å². The van der Waals surface area contributed by atoms with Crippen LogP contribution in [0.4, 0.5) is 5.69 Å². The van der Waals surface area contributed by atoms with Crippen LogP contribution in [0.1, 0.15) is 24.5 Å². The minimum absolute atomic E-state index is 0.145. The van der Waals surface area contributed by atoms with Crippen molar-refractivity contribution in [2.45, 2.75) is 33.3 Å². The van der Waals surface area contributed by atoms with E-state index < -0.39 is 6.10 Å². The van der Waals surface area contributed by atoms with Crippen molar-refractivity contribution in [3.63, 3.8) is 0 Å². The fourth-order valence-corrected chi connectivity index (χ4v) is 2.41. The summed E-state index contributed by atoms with van der Waals surface area (Å²) in [7, 11) is 1.61. The average Bonchev–Trinajstić information content (AvgIpc) is 2.52. The third-order valence-electron chi connectivity index (χ3n) is 3.49. The molecule has 0 aromatic heterocycles. The Labute approximate surface area is 137 Å². The standard InChI is InChI=1S/C19H23NO3/c1-5-18(23-17-8-6-16(22-4)7-9-17)19(21)20-15-11-13(2)10-14(3)12-15/h6-12,18H,5H2,1-4H3,(H,20,21). The molecule has 1 N–H and O–H groups in total. The third kappa shape index (κ3) is 4.74. The fraction of sp³-hybridized carbons (Fsp3) is 0.316. The minimum atomic E-state index is -0.538. The molecular formula is C19H23NO3. The van der Waals surface area contributed by atoms with E-state index in [9.17, 15) is 4.79 Å². The quantitative estimate of drug-likeness (QED) is 0.873. The maximum atomic E-state index is 12.4. The zero-order valence-corrected chi connectivity index (χ0v) is 14.1. The minimum Gasteiger partial charge on any atom is -0.497 e. The fourth-order valence-electron chi connectivity index (χ4n) is 2.41. The molecule has 0 spiro atoms. The van der Waals surface area contributed by atoms with Crippen LogP contribution in [0.15, 0.2) is 42.5 Å².